The third-order valence-electron chi connectivity index (χ3n) is 6.83. The van der Waals surface area contributed by atoms with Crippen molar-refractivity contribution in [2.45, 2.75) is 54.8 Å². The lowest BCUT2D eigenvalue weighted by atomic mass is 10.1. The number of rotatable bonds is 7. The van der Waals surface area contributed by atoms with Gasteiger partial charge in [0.1, 0.15) is 24.2 Å². The summed E-state index contributed by atoms with van der Waals surface area (Å²) in [5.74, 6) is 0.865. The summed E-state index contributed by atoms with van der Waals surface area (Å²) in [7, 11) is 0. The molecular weight excluding hydrogens is 504 g/mol. The number of halogens is 1. The highest BCUT2D eigenvalue weighted by atomic mass is 35.5. The van der Waals surface area contributed by atoms with Gasteiger partial charge in [-0.15, -0.1) is 0 Å². The molecule has 2 fully saturated rings. The second kappa shape index (κ2) is 9.64. The Labute approximate surface area is 216 Å². The van der Waals surface area contributed by atoms with Gasteiger partial charge in [-0.25, -0.2) is 15.0 Å². The summed E-state index contributed by atoms with van der Waals surface area (Å²) in [5, 5.41) is 30.2. The summed E-state index contributed by atoms with van der Waals surface area (Å²) in [6, 6.07) is 9.53. The molecule has 4 heterocycles. The van der Waals surface area contributed by atoms with Gasteiger partial charge in [0.15, 0.2) is 27.8 Å². The van der Waals surface area contributed by atoms with Gasteiger partial charge >= 0.3 is 0 Å². The summed E-state index contributed by atoms with van der Waals surface area (Å²) in [4.78, 5) is 13.4. The molecule has 3 unspecified atom stereocenters. The Kier molecular flexibility index (Phi) is 6.34. The summed E-state index contributed by atoms with van der Waals surface area (Å²) in [5.41, 5.74) is 1.14. The van der Waals surface area contributed by atoms with Crippen molar-refractivity contribution in [1.82, 2.24) is 24.7 Å². The number of hydrogen-bond acceptors (Lipinski definition) is 10. The van der Waals surface area contributed by atoms with Crippen molar-refractivity contribution >= 4 is 40.3 Å². The van der Waals surface area contributed by atoms with Crippen LogP contribution in [0.3, 0.4) is 0 Å². The number of imidazole rings is 1. The SMILES string of the molecule is OC1COC(CSc2cc(-c3ccccc3Cl)no2)(n2cnc3c(NC4CCCC4)ncnc32)C1O. The number of benzene rings is 1. The third kappa shape index (κ3) is 4.14. The topological polar surface area (TPSA) is 131 Å². The lowest BCUT2D eigenvalue weighted by molar-refractivity contribution is -0.103. The zero-order valence-corrected chi connectivity index (χ0v) is 20.8. The van der Waals surface area contributed by atoms with E-state index in [1.807, 2.05) is 18.2 Å². The smallest absolute Gasteiger partial charge is 0.193 e. The van der Waals surface area contributed by atoms with Crippen molar-refractivity contribution in [3.8, 4) is 11.3 Å². The van der Waals surface area contributed by atoms with Crippen molar-refractivity contribution in [3.05, 3.63) is 48.0 Å². The van der Waals surface area contributed by atoms with Crippen LogP contribution in [0.2, 0.25) is 5.02 Å². The van der Waals surface area contributed by atoms with Gasteiger partial charge in [-0.2, -0.15) is 0 Å². The molecule has 0 spiro atoms. The molecule has 0 radical (unpaired) electrons. The molecule has 36 heavy (non-hydrogen) atoms. The Morgan fingerprint density at radius 1 is 1.17 bits per heavy atom. The molecule has 1 aliphatic heterocycles. The number of nitrogens with zero attached hydrogens (tertiary/aromatic N) is 5. The lowest BCUT2D eigenvalue weighted by Gasteiger charge is -2.32. The van der Waals surface area contributed by atoms with Crippen LogP contribution in [-0.4, -0.2) is 65.5 Å². The number of nitrogens with one attached hydrogen (secondary N) is 1. The summed E-state index contributed by atoms with van der Waals surface area (Å²) in [6.07, 6.45) is 5.35. The maximum absolute atomic E-state index is 11.1. The molecule has 0 bridgehead atoms. The first-order valence-electron chi connectivity index (χ1n) is 11.8. The minimum atomic E-state index is -1.32. The molecule has 10 nitrogen and oxygen atoms in total. The number of ether oxygens (including phenoxy) is 1. The van der Waals surface area contributed by atoms with Crippen LogP contribution in [0.4, 0.5) is 5.82 Å². The number of aromatic nitrogens is 5. The Bertz CT molecular complexity index is 1380. The number of thioether (sulfide) groups is 1. The van der Waals surface area contributed by atoms with E-state index < -0.39 is 17.9 Å². The van der Waals surface area contributed by atoms with E-state index in [4.69, 9.17) is 20.9 Å². The predicted molar refractivity (Wildman–Crippen MR) is 135 cm³/mol. The molecule has 2 aliphatic rings. The zero-order valence-electron chi connectivity index (χ0n) is 19.2. The van der Waals surface area contributed by atoms with Gasteiger partial charge in [0, 0.05) is 17.7 Å². The van der Waals surface area contributed by atoms with E-state index in [-0.39, 0.29) is 12.4 Å². The minimum Gasteiger partial charge on any atom is -0.388 e. The number of aliphatic hydroxyl groups is 2. The Hall–Kier alpha value is -2.70. The molecule has 1 saturated heterocycles. The van der Waals surface area contributed by atoms with E-state index >= 15 is 0 Å². The van der Waals surface area contributed by atoms with E-state index in [0.29, 0.717) is 38.8 Å². The number of hydrogen-bond donors (Lipinski definition) is 3. The second-order valence-corrected chi connectivity index (χ2v) is 10.5. The van der Waals surface area contributed by atoms with Crippen LogP contribution in [0.15, 0.2) is 52.6 Å². The lowest BCUT2D eigenvalue weighted by Crippen LogP contribution is -2.47. The number of fused-ring (bicyclic) bond motifs is 1. The molecule has 4 aromatic rings. The molecule has 0 amide bonds. The first-order valence-corrected chi connectivity index (χ1v) is 13.2. The molecule has 6 rings (SSSR count). The van der Waals surface area contributed by atoms with E-state index in [0.717, 1.165) is 18.4 Å². The van der Waals surface area contributed by atoms with Gasteiger partial charge in [0.2, 0.25) is 0 Å². The fourth-order valence-corrected chi connectivity index (χ4v) is 6.15. The average molecular weight is 529 g/mol. The molecule has 1 aliphatic carbocycles. The summed E-state index contributed by atoms with van der Waals surface area (Å²) in [6.45, 7) is -0.0268. The van der Waals surface area contributed by atoms with Crippen LogP contribution >= 0.6 is 23.4 Å². The van der Waals surface area contributed by atoms with E-state index in [1.165, 1.54) is 30.9 Å². The normalized spacial score (nSPS) is 24.6. The molecular formula is C24H25ClN6O4S. The zero-order chi connectivity index (χ0) is 24.7. The molecule has 3 atom stereocenters. The van der Waals surface area contributed by atoms with Crippen LogP contribution in [-0.2, 0) is 10.5 Å². The van der Waals surface area contributed by atoms with Gasteiger partial charge in [-0.1, -0.05) is 59.6 Å². The maximum atomic E-state index is 11.1. The highest BCUT2D eigenvalue weighted by Crippen LogP contribution is 2.40. The molecule has 188 valence electrons. The van der Waals surface area contributed by atoms with Crippen LogP contribution in [0, 0.1) is 0 Å². The Balaban J connectivity index is 1.31. The van der Waals surface area contributed by atoms with Gasteiger partial charge in [-0.05, 0) is 18.9 Å². The molecule has 1 aromatic carbocycles. The summed E-state index contributed by atoms with van der Waals surface area (Å²) >= 11 is 7.60. The van der Waals surface area contributed by atoms with Crippen LogP contribution < -0.4 is 5.32 Å². The third-order valence-corrected chi connectivity index (χ3v) is 8.19. The second-order valence-electron chi connectivity index (χ2n) is 9.10. The van der Waals surface area contributed by atoms with Gasteiger partial charge in [0.25, 0.3) is 0 Å². The largest absolute Gasteiger partial charge is 0.388 e. The Morgan fingerprint density at radius 3 is 2.78 bits per heavy atom. The van der Waals surface area contributed by atoms with Crippen molar-refractivity contribution in [2.75, 3.05) is 17.7 Å². The molecule has 3 aromatic heterocycles. The van der Waals surface area contributed by atoms with Crippen molar-refractivity contribution in [3.63, 3.8) is 0 Å². The van der Waals surface area contributed by atoms with Gasteiger partial charge < -0.3 is 24.8 Å². The number of aliphatic hydroxyl groups excluding tert-OH is 2. The van der Waals surface area contributed by atoms with Crippen molar-refractivity contribution in [2.24, 2.45) is 0 Å². The fraction of sp³-hybridized carbons (Fsp3) is 0.417. The van der Waals surface area contributed by atoms with Crippen molar-refractivity contribution < 1.29 is 19.5 Å². The highest BCUT2D eigenvalue weighted by molar-refractivity contribution is 7.99. The minimum absolute atomic E-state index is 0.0268. The van der Waals surface area contributed by atoms with Gasteiger partial charge in [-0.3, -0.25) is 4.57 Å². The Morgan fingerprint density at radius 2 is 2.00 bits per heavy atom. The predicted octanol–water partition coefficient (Wildman–Crippen LogP) is 3.69. The van der Waals surface area contributed by atoms with Crippen LogP contribution in [0.1, 0.15) is 25.7 Å². The number of anilines is 1. The highest BCUT2D eigenvalue weighted by Gasteiger charge is 2.51. The first kappa shape index (κ1) is 23.7. The fourth-order valence-electron chi connectivity index (χ4n) is 4.89. The average Bonchev–Trinajstić information content (AvgIpc) is 3.68. The monoisotopic (exact) mass is 528 g/mol. The van der Waals surface area contributed by atoms with E-state index in [1.54, 1.807) is 23.0 Å². The van der Waals surface area contributed by atoms with Crippen molar-refractivity contribution in [1.29, 1.82) is 0 Å². The molecule has 3 N–H and O–H groups in total. The van der Waals surface area contributed by atoms with E-state index in [9.17, 15) is 10.2 Å². The molecule has 1 saturated carbocycles. The quantitative estimate of drug-likeness (QED) is 0.305. The maximum Gasteiger partial charge on any atom is 0.193 e. The summed E-state index contributed by atoms with van der Waals surface area (Å²) < 4.78 is 13.3. The van der Waals surface area contributed by atoms with E-state index in [2.05, 4.69) is 25.4 Å². The molecule has 12 heteroatoms. The van der Waals surface area contributed by atoms with Crippen LogP contribution in [0.25, 0.3) is 22.4 Å². The standard InChI is InChI=1S/C24H25ClN6O4S/c25-16-8-4-3-7-15(16)17-9-19(35-30-17)36-11-24(21(33)18(32)10-34-24)31-13-28-20-22(26-12-27-23(20)31)29-14-5-1-2-6-14/h3-4,7-9,12-14,18,21,32-33H,1-2,5-6,10-11H2,(H,26,27,29). The first-order chi connectivity index (χ1) is 17.5. The van der Waals surface area contributed by atoms with Crippen LogP contribution in [0.5, 0.6) is 0 Å². The van der Waals surface area contributed by atoms with Gasteiger partial charge in [0.05, 0.1) is 23.7 Å².